The SMILES string of the molecule is N[C@@H](CO)c1c[nH]c2ccc(Cl)cc12. The number of fused-ring (bicyclic) bond motifs is 1. The minimum atomic E-state index is -0.359. The van der Waals surface area contributed by atoms with Crippen molar-refractivity contribution in [1.29, 1.82) is 0 Å². The van der Waals surface area contributed by atoms with Crippen LogP contribution in [0.25, 0.3) is 10.9 Å². The largest absolute Gasteiger partial charge is 0.394 e. The molecule has 0 aliphatic carbocycles. The molecule has 0 aliphatic rings. The van der Waals surface area contributed by atoms with Gasteiger partial charge >= 0.3 is 0 Å². The number of aromatic nitrogens is 1. The molecule has 1 atom stereocenters. The lowest BCUT2D eigenvalue weighted by Crippen LogP contribution is -2.13. The summed E-state index contributed by atoms with van der Waals surface area (Å²) in [5.74, 6) is 0. The second-order valence-corrected chi connectivity index (χ2v) is 3.66. The Hall–Kier alpha value is -1.03. The number of nitrogens with one attached hydrogen (secondary N) is 1. The lowest BCUT2D eigenvalue weighted by Gasteiger charge is -2.05. The van der Waals surface area contributed by atoms with Crippen LogP contribution in [0.5, 0.6) is 0 Å². The summed E-state index contributed by atoms with van der Waals surface area (Å²) in [7, 11) is 0. The van der Waals surface area contributed by atoms with Gasteiger partial charge in [0.2, 0.25) is 0 Å². The highest BCUT2D eigenvalue weighted by molar-refractivity contribution is 6.31. The van der Waals surface area contributed by atoms with E-state index in [1.165, 1.54) is 0 Å². The van der Waals surface area contributed by atoms with Gasteiger partial charge in [0.1, 0.15) is 0 Å². The molecule has 1 aromatic heterocycles. The van der Waals surface area contributed by atoms with Crippen molar-refractivity contribution in [3.63, 3.8) is 0 Å². The first-order chi connectivity index (χ1) is 6.72. The van der Waals surface area contributed by atoms with E-state index in [0.29, 0.717) is 5.02 Å². The molecule has 0 fully saturated rings. The highest BCUT2D eigenvalue weighted by Crippen LogP contribution is 2.25. The molecular weight excluding hydrogens is 200 g/mol. The van der Waals surface area contributed by atoms with Gasteiger partial charge in [-0.3, -0.25) is 0 Å². The Labute approximate surface area is 86.5 Å². The lowest BCUT2D eigenvalue weighted by molar-refractivity contribution is 0.268. The number of aliphatic hydroxyl groups is 1. The summed E-state index contributed by atoms with van der Waals surface area (Å²) in [6, 6.07) is 5.19. The molecule has 1 heterocycles. The molecule has 4 heteroatoms. The summed E-state index contributed by atoms with van der Waals surface area (Å²) < 4.78 is 0. The van der Waals surface area contributed by atoms with E-state index >= 15 is 0 Å². The molecule has 3 nitrogen and oxygen atoms in total. The molecule has 0 aliphatic heterocycles. The minimum absolute atomic E-state index is 0.0700. The van der Waals surface area contributed by atoms with E-state index in [1.54, 1.807) is 0 Å². The number of hydrogen-bond acceptors (Lipinski definition) is 2. The molecule has 0 amide bonds. The summed E-state index contributed by atoms with van der Waals surface area (Å²) in [6.45, 7) is -0.0700. The third kappa shape index (κ3) is 1.50. The van der Waals surface area contributed by atoms with Crippen LogP contribution in [0.15, 0.2) is 24.4 Å². The first kappa shape index (κ1) is 9.52. The van der Waals surface area contributed by atoms with Gasteiger partial charge in [-0.15, -0.1) is 0 Å². The molecule has 0 spiro atoms. The van der Waals surface area contributed by atoms with Crippen molar-refractivity contribution in [3.8, 4) is 0 Å². The smallest absolute Gasteiger partial charge is 0.0625 e. The van der Waals surface area contributed by atoms with Gasteiger partial charge in [0.15, 0.2) is 0 Å². The minimum Gasteiger partial charge on any atom is -0.394 e. The zero-order valence-electron chi connectivity index (χ0n) is 7.50. The normalized spacial score (nSPS) is 13.4. The predicted molar refractivity (Wildman–Crippen MR) is 57.3 cm³/mol. The van der Waals surface area contributed by atoms with Crippen molar-refractivity contribution < 1.29 is 5.11 Å². The fourth-order valence-electron chi connectivity index (χ4n) is 1.52. The van der Waals surface area contributed by atoms with Crippen molar-refractivity contribution in [2.75, 3.05) is 6.61 Å². The first-order valence-corrected chi connectivity index (χ1v) is 4.73. The van der Waals surface area contributed by atoms with Crippen LogP contribution in [-0.4, -0.2) is 16.7 Å². The van der Waals surface area contributed by atoms with Crippen molar-refractivity contribution in [3.05, 3.63) is 35.0 Å². The maximum Gasteiger partial charge on any atom is 0.0625 e. The number of aliphatic hydroxyl groups excluding tert-OH is 1. The highest BCUT2D eigenvalue weighted by Gasteiger charge is 2.10. The van der Waals surface area contributed by atoms with Crippen LogP contribution in [0.4, 0.5) is 0 Å². The third-order valence-electron chi connectivity index (χ3n) is 2.27. The Morgan fingerprint density at radius 2 is 2.29 bits per heavy atom. The number of rotatable bonds is 2. The fourth-order valence-corrected chi connectivity index (χ4v) is 1.69. The van der Waals surface area contributed by atoms with Gasteiger partial charge < -0.3 is 15.8 Å². The molecule has 1 aromatic carbocycles. The molecule has 0 saturated heterocycles. The topological polar surface area (TPSA) is 62.0 Å². The predicted octanol–water partition coefficient (Wildman–Crippen LogP) is 1.81. The molecule has 2 rings (SSSR count). The Balaban J connectivity index is 2.61. The quantitative estimate of drug-likeness (QED) is 0.708. The van der Waals surface area contributed by atoms with Gasteiger partial charge in [-0.05, 0) is 23.8 Å². The van der Waals surface area contributed by atoms with Gasteiger partial charge in [-0.1, -0.05) is 11.6 Å². The Bertz CT molecular complexity index is 452. The van der Waals surface area contributed by atoms with Gasteiger partial charge in [-0.2, -0.15) is 0 Å². The summed E-state index contributed by atoms with van der Waals surface area (Å²) in [4.78, 5) is 3.08. The van der Waals surface area contributed by atoms with Crippen LogP contribution in [0, 0.1) is 0 Å². The van der Waals surface area contributed by atoms with E-state index in [2.05, 4.69) is 4.98 Å². The Kier molecular flexibility index (Phi) is 2.46. The van der Waals surface area contributed by atoms with Crippen molar-refractivity contribution in [1.82, 2.24) is 4.98 Å². The number of benzene rings is 1. The van der Waals surface area contributed by atoms with E-state index in [1.807, 2.05) is 24.4 Å². The van der Waals surface area contributed by atoms with Gasteiger partial charge in [0.05, 0.1) is 12.6 Å². The molecule has 2 aromatic rings. The fraction of sp³-hybridized carbons (Fsp3) is 0.200. The number of halogens is 1. The average molecular weight is 211 g/mol. The van der Waals surface area contributed by atoms with E-state index in [0.717, 1.165) is 16.5 Å². The zero-order chi connectivity index (χ0) is 10.1. The van der Waals surface area contributed by atoms with Gasteiger partial charge in [0, 0.05) is 22.1 Å². The molecular formula is C10H11ClN2O. The van der Waals surface area contributed by atoms with Crippen LogP contribution in [0.1, 0.15) is 11.6 Å². The van der Waals surface area contributed by atoms with Crippen molar-refractivity contribution in [2.24, 2.45) is 5.73 Å². The van der Waals surface area contributed by atoms with Crippen molar-refractivity contribution in [2.45, 2.75) is 6.04 Å². The van der Waals surface area contributed by atoms with Crippen LogP contribution < -0.4 is 5.73 Å². The van der Waals surface area contributed by atoms with Crippen LogP contribution in [0.2, 0.25) is 5.02 Å². The van der Waals surface area contributed by atoms with Gasteiger partial charge in [0.25, 0.3) is 0 Å². The summed E-state index contributed by atoms with van der Waals surface area (Å²) in [5, 5.41) is 10.6. The standard InChI is InChI=1S/C10H11ClN2O/c11-6-1-2-10-7(3-6)8(4-13-10)9(12)5-14/h1-4,9,13-14H,5,12H2/t9-/m0/s1. The molecule has 0 unspecified atom stereocenters. The molecule has 74 valence electrons. The molecule has 4 N–H and O–H groups in total. The lowest BCUT2D eigenvalue weighted by atomic mass is 10.1. The number of hydrogen-bond donors (Lipinski definition) is 3. The monoisotopic (exact) mass is 210 g/mol. The van der Waals surface area contributed by atoms with E-state index in [4.69, 9.17) is 22.4 Å². The van der Waals surface area contributed by atoms with Crippen molar-refractivity contribution >= 4 is 22.5 Å². The zero-order valence-corrected chi connectivity index (χ0v) is 8.25. The first-order valence-electron chi connectivity index (χ1n) is 4.35. The van der Waals surface area contributed by atoms with Crippen LogP contribution >= 0.6 is 11.6 Å². The third-order valence-corrected chi connectivity index (χ3v) is 2.51. The number of H-pyrrole nitrogens is 1. The second-order valence-electron chi connectivity index (χ2n) is 3.22. The van der Waals surface area contributed by atoms with Crippen LogP contribution in [-0.2, 0) is 0 Å². The molecule has 0 radical (unpaired) electrons. The maximum absolute atomic E-state index is 8.96. The Morgan fingerprint density at radius 1 is 1.50 bits per heavy atom. The summed E-state index contributed by atoms with van der Waals surface area (Å²) in [6.07, 6.45) is 1.81. The van der Waals surface area contributed by atoms with E-state index in [-0.39, 0.29) is 12.6 Å². The number of nitrogens with two attached hydrogens (primary N) is 1. The molecule has 0 saturated carbocycles. The number of aromatic amines is 1. The van der Waals surface area contributed by atoms with E-state index < -0.39 is 0 Å². The van der Waals surface area contributed by atoms with Crippen LogP contribution in [0.3, 0.4) is 0 Å². The van der Waals surface area contributed by atoms with Gasteiger partial charge in [-0.25, -0.2) is 0 Å². The molecule has 14 heavy (non-hydrogen) atoms. The van der Waals surface area contributed by atoms with E-state index in [9.17, 15) is 0 Å². The Morgan fingerprint density at radius 3 is 3.00 bits per heavy atom. The maximum atomic E-state index is 8.96. The highest BCUT2D eigenvalue weighted by atomic mass is 35.5. The molecule has 0 bridgehead atoms. The summed E-state index contributed by atoms with van der Waals surface area (Å²) in [5.41, 5.74) is 7.62. The second kappa shape index (κ2) is 3.61. The average Bonchev–Trinajstić information content (AvgIpc) is 2.59. The summed E-state index contributed by atoms with van der Waals surface area (Å²) >= 11 is 5.88.